The highest BCUT2D eigenvalue weighted by atomic mass is 16.3. The van der Waals surface area contributed by atoms with E-state index in [1.165, 1.54) is 5.56 Å². The van der Waals surface area contributed by atoms with Gasteiger partial charge in [-0.2, -0.15) is 0 Å². The number of guanidine groups is 1. The summed E-state index contributed by atoms with van der Waals surface area (Å²) >= 11 is 0. The van der Waals surface area contributed by atoms with Gasteiger partial charge < -0.3 is 20.0 Å². The maximum absolute atomic E-state index is 12.2. The third kappa shape index (κ3) is 7.25. The van der Waals surface area contributed by atoms with Crippen LogP contribution in [0.3, 0.4) is 0 Å². The third-order valence-electron chi connectivity index (χ3n) is 5.42. The smallest absolute Gasteiger partial charge is 0.222 e. The summed E-state index contributed by atoms with van der Waals surface area (Å²) in [5, 5.41) is 6.91. The minimum atomic E-state index is 0.147. The molecule has 6 nitrogen and oxygen atoms in total. The highest BCUT2D eigenvalue weighted by molar-refractivity contribution is 5.80. The van der Waals surface area contributed by atoms with E-state index in [2.05, 4.69) is 29.7 Å². The summed E-state index contributed by atoms with van der Waals surface area (Å²) in [5.74, 6) is 2.04. The Labute approximate surface area is 179 Å². The minimum Gasteiger partial charge on any atom is -0.469 e. The number of aliphatic imine (C=N–C) groups is 1. The molecule has 2 aromatic rings. The number of rotatable bonds is 9. The van der Waals surface area contributed by atoms with Gasteiger partial charge in [0.2, 0.25) is 5.91 Å². The topological polar surface area (TPSA) is 69.9 Å². The molecule has 1 fully saturated rings. The van der Waals surface area contributed by atoms with Gasteiger partial charge in [0.05, 0.1) is 12.3 Å². The molecule has 1 amide bonds. The molecule has 1 aromatic heterocycles. The molecule has 0 spiro atoms. The Morgan fingerprint density at radius 3 is 2.83 bits per heavy atom. The van der Waals surface area contributed by atoms with Gasteiger partial charge in [-0.15, -0.1) is 0 Å². The lowest BCUT2D eigenvalue weighted by atomic mass is 10.1. The summed E-state index contributed by atoms with van der Waals surface area (Å²) in [6.45, 7) is 5.23. The molecule has 2 N–H and O–H groups in total. The van der Waals surface area contributed by atoms with Crippen molar-refractivity contribution in [2.75, 3.05) is 26.2 Å². The van der Waals surface area contributed by atoms with Gasteiger partial charge in [0.25, 0.3) is 0 Å². The first-order chi connectivity index (χ1) is 14.7. The predicted molar refractivity (Wildman–Crippen MR) is 120 cm³/mol. The summed E-state index contributed by atoms with van der Waals surface area (Å²) in [7, 11) is 0. The van der Waals surface area contributed by atoms with Crippen LogP contribution in [-0.4, -0.2) is 42.9 Å². The van der Waals surface area contributed by atoms with Gasteiger partial charge in [0, 0.05) is 39.0 Å². The Kier molecular flexibility index (Phi) is 8.81. The number of carbonyl (C=O) groups is 1. The fourth-order valence-electron chi connectivity index (χ4n) is 3.67. The molecule has 3 rings (SSSR count). The van der Waals surface area contributed by atoms with Crippen molar-refractivity contribution in [1.29, 1.82) is 0 Å². The maximum Gasteiger partial charge on any atom is 0.222 e. The third-order valence-corrected chi connectivity index (χ3v) is 5.42. The zero-order chi connectivity index (χ0) is 21.0. The number of nitrogens with one attached hydrogen (secondary N) is 2. The quantitative estimate of drug-likeness (QED) is 0.374. The van der Waals surface area contributed by atoms with Gasteiger partial charge in [0.1, 0.15) is 5.76 Å². The van der Waals surface area contributed by atoms with Crippen molar-refractivity contribution < 1.29 is 9.21 Å². The van der Waals surface area contributed by atoms with Crippen LogP contribution in [0.25, 0.3) is 0 Å². The van der Waals surface area contributed by atoms with Gasteiger partial charge in [-0.3, -0.25) is 9.79 Å². The number of hydrogen-bond acceptors (Lipinski definition) is 3. The average molecular weight is 411 g/mol. The number of nitrogens with zero attached hydrogens (tertiary/aromatic N) is 2. The van der Waals surface area contributed by atoms with Gasteiger partial charge in [-0.05, 0) is 43.9 Å². The number of hydrogen-bond donors (Lipinski definition) is 2. The van der Waals surface area contributed by atoms with Crippen LogP contribution in [0.5, 0.6) is 0 Å². The zero-order valence-corrected chi connectivity index (χ0v) is 18.0. The van der Waals surface area contributed by atoms with Gasteiger partial charge >= 0.3 is 0 Å². The highest BCUT2D eigenvalue weighted by Crippen LogP contribution is 2.12. The van der Waals surface area contributed by atoms with Crippen molar-refractivity contribution >= 4 is 11.9 Å². The van der Waals surface area contributed by atoms with Crippen molar-refractivity contribution in [2.45, 2.75) is 51.5 Å². The first-order valence-corrected chi connectivity index (χ1v) is 11.1. The molecular formula is C24H34N4O2. The first-order valence-electron chi connectivity index (χ1n) is 11.1. The molecular weight excluding hydrogens is 376 g/mol. The summed E-state index contributed by atoms with van der Waals surface area (Å²) in [6, 6.07) is 14.4. The van der Waals surface area contributed by atoms with Crippen molar-refractivity contribution in [3.63, 3.8) is 0 Å². The van der Waals surface area contributed by atoms with Crippen LogP contribution in [-0.2, 0) is 11.2 Å². The number of likely N-dealkylation sites (tertiary alicyclic amines) is 1. The van der Waals surface area contributed by atoms with E-state index >= 15 is 0 Å². The second-order valence-electron chi connectivity index (χ2n) is 7.81. The van der Waals surface area contributed by atoms with E-state index < -0.39 is 0 Å². The van der Waals surface area contributed by atoms with Crippen molar-refractivity contribution in [3.8, 4) is 0 Å². The highest BCUT2D eigenvalue weighted by Gasteiger charge is 2.15. The number of furan rings is 1. The summed E-state index contributed by atoms with van der Waals surface area (Å²) < 4.78 is 5.41. The number of benzene rings is 1. The molecule has 1 saturated heterocycles. The Balaban J connectivity index is 1.52. The summed E-state index contributed by atoms with van der Waals surface area (Å²) in [4.78, 5) is 18.9. The molecule has 162 valence electrons. The fourth-order valence-corrected chi connectivity index (χ4v) is 3.67. The van der Waals surface area contributed by atoms with Gasteiger partial charge in [-0.1, -0.05) is 36.8 Å². The van der Waals surface area contributed by atoms with Crippen LogP contribution >= 0.6 is 0 Å². The monoisotopic (exact) mass is 410 g/mol. The van der Waals surface area contributed by atoms with E-state index in [4.69, 9.17) is 9.41 Å². The Bertz CT molecular complexity index is 774. The molecule has 0 radical (unpaired) electrons. The van der Waals surface area contributed by atoms with Gasteiger partial charge in [0.15, 0.2) is 5.96 Å². The van der Waals surface area contributed by atoms with E-state index in [1.807, 2.05) is 35.2 Å². The zero-order valence-electron chi connectivity index (χ0n) is 18.0. The lowest BCUT2D eigenvalue weighted by molar-refractivity contribution is -0.130. The van der Waals surface area contributed by atoms with Crippen LogP contribution in [0.15, 0.2) is 58.1 Å². The Morgan fingerprint density at radius 2 is 2.03 bits per heavy atom. The van der Waals surface area contributed by atoms with Crippen LogP contribution in [0.1, 0.15) is 56.4 Å². The molecule has 1 unspecified atom stereocenters. The molecule has 2 heterocycles. The van der Waals surface area contributed by atoms with Crippen LogP contribution in [0, 0.1) is 0 Å². The number of amides is 1. The van der Waals surface area contributed by atoms with E-state index in [1.54, 1.807) is 6.26 Å². The molecule has 0 aliphatic carbocycles. The standard InChI is InChI=1S/C24H34N4O2/c1-20(21-10-4-2-5-11-21)27-24(26-16-14-22-12-8-19-30-22)25-15-9-18-28-17-7-3-6-13-23(28)29/h2,4-5,8,10-12,19-20H,3,6-7,9,13-18H2,1H3,(H2,25,26,27). The largest absolute Gasteiger partial charge is 0.469 e. The second-order valence-corrected chi connectivity index (χ2v) is 7.81. The Hall–Kier alpha value is -2.76. The van der Waals surface area contributed by atoms with Gasteiger partial charge in [-0.25, -0.2) is 0 Å². The molecule has 6 heteroatoms. The minimum absolute atomic E-state index is 0.147. The molecule has 1 aromatic carbocycles. The Morgan fingerprint density at radius 1 is 1.17 bits per heavy atom. The van der Waals surface area contributed by atoms with Crippen molar-refractivity contribution in [1.82, 2.24) is 15.5 Å². The molecule has 1 aliphatic heterocycles. The summed E-state index contributed by atoms with van der Waals surface area (Å²) in [5.41, 5.74) is 1.22. The van der Waals surface area contributed by atoms with E-state index in [0.717, 1.165) is 63.5 Å². The van der Waals surface area contributed by atoms with Crippen LogP contribution < -0.4 is 10.6 Å². The molecule has 1 aliphatic rings. The lowest BCUT2D eigenvalue weighted by Crippen LogP contribution is -2.40. The second kappa shape index (κ2) is 12.1. The van der Waals surface area contributed by atoms with Crippen LogP contribution in [0.2, 0.25) is 0 Å². The van der Waals surface area contributed by atoms with Crippen molar-refractivity contribution in [3.05, 3.63) is 60.1 Å². The number of carbonyl (C=O) groups excluding carboxylic acids is 1. The van der Waals surface area contributed by atoms with E-state index in [0.29, 0.717) is 18.9 Å². The average Bonchev–Trinajstić information content (AvgIpc) is 3.20. The summed E-state index contributed by atoms with van der Waals surface area (Å²) in [6.07, 6.45) is 7.37. The maximum atomic E-state index is 12.2. The normalized spacial score (nSPS) is 16.2. The van der Waals surface area contributed by atoms with Crippen LogP contribution in [0.4, 0.5) is 0 Å². The molecule has 0 saturated carbocycles. The molecule has 0 bridgehead atoms. The predicted octanol–water partition coefficient (Wildman–Crippen LogP) is 3.91. The van der Waals surface area contributed by atoms with Crippen molar-refractivity contribution in [2.24, 2.45) is 4.99 Å². The van der Waals surface area contributed by atoms with E-state index in [-0.39, 0.29) is 6.04 Å². The van der Waals surface area contributed by atoms with E-state index in [9.17, 15) is 4.79 Å². The first kappa shape index (κ1) is 21.9. The molecule has 30 heavy (non-hydrogen) atoms. The SMILES string of the molecule is CC(NC(=NCCCN1CCCCCC1=O)NCCc1ccco1)c1ccccc1. The molecule has 1 atom stereocenters. The fraction of sp³-hybridized carbons (Fsp3) is 0.500. The lowest BCUT2D eigenvalue weighted by Gasteiger charge is -2.21.